The number of hydrogen-bond donors (Lipinski definition) is 1. The largest absolute Gasteiger partial charge is 0.497 e. The number of alkyl halides is 3. The van der Waals surface area contributed by atoms with E-state index in [0.29, 0.717) is 26.3 Å². The van der Waals surface area contributed by atoms with Crippen LogP contribution < -0.4 is 19.5 Å². The van der Waals surface area contributed by atoms with E-state index in [1.54, 1.807) is 24.3 Å². The van der Waals surface area contributed by atoms with Crippen molar-refractivity contribution in [2.24, 2.45) is 0 Å². The Hall–Kier alpha value is -2.72. The van der Waals surface area contributed by atoms with Crippen molar-refractivity contribution in [1.82, 2.24) is 5.32 Å². The molecule has 0 aromatic heterocycles. The summed E-state index contributed by atoms with van der Waals surface area (Å²) in [5.41, 5.74) is -0.189. The average molecular weight is 455 g/mol. The van der Waals surface area contributed by atoms with Crippen molar-refractivity contribution in [1.29, 1.82) is 0 Å². The van der Waals surface area contributed by atoms with Crippen LogP contribution in [0.3, 0.4) is 0 Å². The van der Waals surface area contributed by atoms with E-state index in [-0.39, 0.29) is 24.9 Å². The molecule has 1 fully saturated rings. The number of thiocarbonyl (C=S) groups is 1. The van der Waals surface area contributed by atoms with Crippen molar-refractivity contribution in [3.8, 4) is 17.2 Å². The zero-order chi connectivity index (χ0) is 21.7. The minimum Gasteiger partial charge on any atom is -0.497 e. The fourth-order valence-electron chi connectivity index (χ4n) is 2.53. The van der Waals surface area contributed by atoms with Crippen LogP contribution in [0.5, 0.6) is 17.2 Å². The summed E-state index contributed by atoms with van der Waals surface area (Å²) in [5, 5.41) is 2.54. The predicted octanol–water partition coefficient (Wildman–Crippen LogP) is 4.66. The topological polar surface area (TPSA) is 56.8 Å². The number of benzene rings is 2. The van der Waals surface area contributed by atoms with Crippen molar-refractivity contribution in [2.45, 2.75) is 6.18 Å². The minimum absolute atomic E-state index is 0.0304. The van der Waals surface area contributed by atoms with Crippen LogP contribution in [0.1, 0.15) is 11.1 Å². The quantitative estimate of drug-likeness (QED) is 0.372. The van der Waals surface area contributed by atoms with Gasteiger partial charge in [-0.1, -0.05) is 30.0 Å². The second kappa shape index (κ2) is 9.40. The summed E-state index contributed by atoms with van der Waals surface area (Å²) in [5.74, 6) is 0.826. The molecule has 0 unspecified atom stereocenters. The van der Waals surface area contributed by atoms with Crippen LogP contribution in [-0.4, -0.2) is 30.6 Å². The number of nitrogens with one attached hydrogen (secondary N) is 1. The van der Waals surface area contributed by atoms with Crippen LogP contribution in [0.4, 0.5) is 13.2 Å². The Bertz CT molecular complexity index is 992. The number of halogens is 3. The molecule has 1 saturated heterocycles. The molecule has 0 aliphatic carbocycles. The van der Waals surface area contributed by atoms with Gasteiger partial charge >= 0.3 is 6.18 Å². The molecular weight excluding hydrogens is 439 g/mol. The first-order valence-corrected chi connectivity index (χ1v) is 9.84. The number of carbonyl (C=O) groups excluding carboxylic acids is 1. The Kier molecular flexibility index (Phi) is 6.88. The summed E-state index contributed by atoms with van der Waals surface area (Å²) in [6.45, 7) is 0.110. The Balaban J connectivity index is 1.66. The molecule has 1 aliphatic rings. The van der Waals surface area contributed by atoms with E-state index in [4.69, 9.17) is 26.4 Å². The molecule has 30 heavy (non-hydrogen) atoms. The van der Waals surface area contributed by atoms with E-state index >= 15 is 0 Å². The number of thioether (sulfide) groups is 1. The van der Waals surface area contributed by atoms with Gasteiger partial charge in [0.2, 0.25) is 0 Å². The van der Waals surface area contributed by atoms with Crippen molar-refractivity contribution < 1.29 is 32.2 Å². The molecule has 5 nitrogen and oxygen atoms in total. The lowest BCUT2D eigenvalue weighted by Crippen LogP contribution is -2.17. The van der Waals surface area contributed by atoms with Gasteiger partial charge in [0.1, 0.15) is 34.8 Å². The maximum absolute atomic E-state index is 12.8. The molecule has 0 spiro atoms. The van der Waals surface area contributed by atoms with Crippen LogP contribution in [-0.2, 0) is 11.0 Å². The summed E-state index contributed by atoms with van der Waals surface area (Å²) in [7, 11) is 1.52. The molecule has 1 amide bonds. The first kappa shape index (κ1) is 22.0. The molecule has 0 bridgehead atoms. The number of amides is 1. The van der Waals surface area contributed by atoms with E-state index in [9.17, 15) is 18.0 Å². The van der Waals surface area contributed by atoms with Gasteiger partial charge in [0.05, 0.1) is 17.6 Å². The predicted molar refractivity (Wildman–Crippen MR) is 112 cm³/mol. The van der Waals surface area contributed by atoms with Gasteiger partial charge in [-0.15, -0.1) is 0 Å². The van der Waals surface area contributed by atoms with Gasteiger partial charge < -0.3 is 19.5 Å². The van der Waals surface area contributed by atoms with Gasteiger partial charge in [0.15, 0.2) is 0 Å². The zero-order valence-electron chi connectivity index (χ0n) is 15.6. The van der Waals surface area contributed by atoms with Gasteiger partial charge in [-0.25, -0.2) is 0 Å². The third kappa shape index (κ3) is 5.67. The molecule has 3 rings (SSSR count). The standard InChI is InChI=1S/C20H16F3NO4S2/c1-26-14-5-6-16(12(9-14)10-17-18(25)24-19(29)30-17)28-8-7-27-15-4-2-3-13(11-15)20(21,22)23/h2-6,9-11H,7-8H2,1H3,(H,24,25,29). The molecule has 0 atom stereocenters. The van der Waals surface area contributed by atoms with Crippen molar-refractivity contribution >= 4 is 40.3 Å². The molecule has 10 heteroatoms. The highest BCUT2D eigenvalue weighted by Gasteiger charge is 2.30. The molecule has 1 heterocycles. The van der Waals surface area contributed by atoms with Crippen LogP contribution in [0, 0.1) is 0 Å². The summed E-state index contributed by atoms with van der Waals surface area (Å²) in [6.07, 6.45) is -2.81. The van der Waals surface area contributed by atoms with E-state index in [0.717, 1.165) is 23.9 Å². The molecule has 2 aromatic carbocycles. The third-order valence-electron chi connectivity index (χ3n) is 3.92. The minimum atomic E-state index is -4.44. The summed E-state index contributed by atoms with van der Waals surface area (Å²) >= 11 is 6.12. The van der Waals surface area contributed by atoms with Crippen LogP contribution in [0.2, 0.25) is 0 Å². The molecule has 158 valence electrons. The number of methoxy groups -OCH3 is 1. The zero-order valence-corrected chi connectivity index (χ0v) is 17.2. The van der Waals surface area contributed by atoms with E-state index in [1.807, 2.05) is 0 Å². The molecular formula is C20H16F3NO4S2. The van der Waals surface area contributed by atoms with Gasteiger partial charge in [0, 0.05) is 5.56 Å². The highest BCUT2D eigenvalue weighted by molar-refractivity contribution is 8.26. The normalized spacial score (nSPS) is 15.3. The monoisotopic (exact) mass is 455 g/mol. The second-order valence-corrected chi connectivity index (χ2v) is 7.70. The first-order chi connectivity index (χ1) is 14.3. The Morgan fingerprint density at radius 2 is 1.87 bits per heavy atom. The molecule has 0 radical (unpaired) electrons. The van der Waals surface area contributed by atoms with Crippen LogP contribution >= 0.6 is 24.0 Å². The Morgan fingerprint density at radius 1 is 1.10 bits per heavy atom. The van der Waals surface area contributed by atoms with E-state index in [1.165, 1.54) is 19.2 Å². The summed E-state index contributed by atoms with van der Waals surface area (Å²) in [6, 6.07) is 9.69. The lowest BCUT2D eigenvalue weighted by Gasteiger charge is -2.13. The fraction of sp³-hybridized carbons (Fsp3) is 0.200. The highest BCUT2D eigenvalue weighted by Crippen LogP contribution is 2.32. The fourth-order valence-corrected chi connectivity index (χ4v) is 3.57. The maximum atomic E-state index is 12.8. The Morgan fingerprint density at radius 3 is 2.53 bits per heavy atom. The van der Waals surface area contributed by atoms with E-state index in [2.05, 4.69) is 5.32 Å². The number of rotatable bonds is 7. The first-order valence-electron chi connectivity index (χ1n) is 8.62. The highest BCUT2D eigenvalue weighted by atomic mass is 32.2. The SMILES string of the molecule is COc1ccc(OCCOc2cccc(C(F)(F)F)c2)c(C=C2SC(=S)NC2=O)c1. The number of ether oxygens (including phenoxy) is 3. The van der Waals surface area contributed by atoms with Gasteiger partial charge in [-0.2, -0.15) is 13.2 Å². The lowest BCUT2D eigenvalue weighted by atomic mass is 10.1. The number of hydrogen-bond acceptors (Lipinski definition) is 6. The lowest BCUT2D eigenvalue weighted by molar-refractivity contribution is -0.137. The average Bonchev–Trinajstić information content (AvgIpc) is 3.02. The summed E-state index contributed by atoms with van der Waals surface area (Å²) < 4.78 is 55.0. The molecule has 1 N–H and O–H groups in total. The van der Waals surface area contributed by atoms with Crippen LogP contribution in [0.15, 0.2) is 47.4 Å². The van der Waals surface area contributed by atoms with E-state index < -0.39 is 11.7 Å². The smallest absolute Gasteiger partial charge is 0.416 e. The second-order valence-electron chi connectivity index (χ2n) is 5.98. The van der Waals surface area contributed by atoms with Gasteiger partial charge in [-0.05, 0) is 42.5 Å². The number of carbonyl (C=O) groups is 1. The summed E-state index contributed by atoms with van der Waals surface area (Å²) in [4.78, 5) is 12.3. The molecule has 2 aromatic rings. The van der Waals surface area contributed by atoms with Crippen molar-refractivity contribution in [3.63, 3.8) is 0 Å². The third-order valence-corrected chi connectivity index (χ3v) is 5.08. The van der Waals surface area contributed by atoms with Crippen LogP contribution in [0.25, 0.3) is 6.08 Å². The van der Waals surface area contributed by atoms with Gasteiger partial charge in [0.25, 0.3) is 5.91 Å². The van der Waals surface area contributed by atoms with Crippen molar-refractivity contribution in [2.75, 3.05) is 20.3 Å². The van der Waals surface area contributed by atoms with Gasteiger partial charge in [-0.3, -0.25) is 4.79 Å². The maximum Gasteiger partial charge on any atom is 0.416 e. The van der Waals surface area contributed by atoms with Crippen molar-refractivity contribution in [3.05, 3.63) is 58.5 Å². The Labute approximate surface area is 180 Å². The molecule has 1 aliphatic heterocycles. The molecule has 0 saturated carbocycles.